The molecule has 0 aliphatic heterocycles. The first kappa shape index (κ1) is 21.7. The van der Waals surface area contributed by atoms with E-state index in [-0.39, 0.29) is 0 Å². The average Bonchev–Trinajstić information content (AvgIpc) is 2.89. The summed E-state index contributed by atoms with van der Waals surface area (Å²) in [6.45, 7) is 2.61. The highest BCUT2D eigenvalue weighted by atomic mass is 16.5. The molecular weight excluding hydrogens is 420 g/mol. The molecule has 5 aromatic rings. The zero-order chi connectivity index (χ0) is 23.0. The molecule has 0 bridgehead atoms. The maximum atomic E-state index is 6.16. The number of nitrogens with zero attached hydrogens (tertiary/aromatic N) is 4. The van der Waals surface area contributed by atoms with Gasteiger partial charge in [0.05, 0.1) is 17.1 Å². The van der Waals surface area contributed by atoms with E-state index >= 15 is 0 Å². The Morgan fingerprint density at radius 2 is 1.26 bits per heavy atom. The lowest BCUT2D eigenvalue weighted by molar-refractivity contribution is 0.239. The molecule has 2 aromatic carbocycles. The van der Waals surface area contributed by atoms with Gasteiger partial charge in [0.15, 0.2) is 0 Å². The minimum Gasteiger partial charge on any atom is -0.487 e. The zero-order valence-electron chi connectivity index (χ0n) is 18.9. The smallest absolute Gasteiger partial charge is 0.146 e. The van der Waals surface area contributed by atoms with Crippen LogP contribution in [0.4, 0.5) is 0 Å². The molecule has 0 radical (unpaired) electrons. The number of rotatable bonds is 9. The van der Waals surface area contributed by atoms with Crippen LogP contribution in [0, 0.1) is 0 Å². The second-order valence-electron chi connectivity index (χ2n) is 8.19. The van der Waals surface area contributed by atoms with Crippen molar-refractivity contribution in [1.82, 2.24) is 19.9 Å². The lowest BCUT2D eigenvalue weighted by Gasteiger charge is -2.21. The van der Waals surface area contributed by atoms with Crippen molar-refractivity contribution >= 4 is 10.9 Å². The highest BCUT2D eigenvalue weighted by Crippen LogP contribution is 2.25. The van der Waals surface area contributed by atoms with Gasteiger partial charge in [-0.1, -0.05) is 60.7 Å². The SMILES string of the molecule is c1ccc(COc2cccc3ccc(CN(Cc4ccccn4)Cc4ccccn4)nc23)cc1. The molecule has 168 valence electrons. The monoisotopic (exact) mass is 446 g/mol. The number of aromatic nitrogens is 3. The maximum Gasteiger partial charge on any atom is 0.146 e. The van der Waals surface area contributed by atoms with E-state index in [1.807, 2.05) is 67.0 Å². The van der Waals surface area contributed by atoms with E-state index in [4.69, 9.17) is 9.72 Å². The molecule has 0 aliphatic carbocycles. The summed E-state index contributed by atoms with van der Waals surface area (Å²) in [5, 5.41) is 1.07. The molecule has 0 atom stereocenters. The van der Waals surface area contributed by atoms with Crippen molar-refractivity contribution < 1.29 is 4.74 Å². The standard InChI is InChI=1S/C29H26N4O/c1-2-9-23(10-3-1)22-34-28-14-8-11-24-15-16-27(32-29(24)28)21-33(19-25-12-4-6-17-30-25)20-26-13-5-7-18-31-26/h1-18H,19-22H2. The molecule has 0 spiro atoms. The minimum absolute atomic E-state index is 0.511. The molecule has 0 saturated heterocycles. The van der Waals surface area contributed by atoms with Crippen LogP contribution in [0.3, 0.4) is 0 Å². The number of ether oxygens (including phenoxy) is 1. The summed E-state index contributed by atoms with van der Waals surface area (Å²) in [6, 6.07) is 32.5. The van der Waals surface area contributed by atoms with Crippen LogP contribution in [0.5, 0.6) is 5.75 Å². The van der Waals surface area contributed by atoms with Crippen LogP contribution in [0.25, 0.3) is 10.9 Å². The number of fused-ring (bicyclic) bond motifs is 1. The average molecular weight is 447 g/mol. The van der Waals surface area contributed by atoms with Gasteiger partial charge in [-0.05, 0) is 42.0 Å². The molecule has 0 amide bonds. The number of hydrogen-bond acceptors (Lipinski definition) is 5. The van der Waals surface area contributed by atoms with Gasteiger partial charge in [0.2, 0.25) is 0 Å². The Bertz CT molecular complexity index is 1290. The summed E-state index contributed by atoms with van der Waals surface area (Å²) in [5.41, 5.74) is 5.03. The highest BCUT2D eigenvalue weighted by Gasteiger charge is 2.12. The number of benzene rings is 2. The van der Waals surface area contributed by atoms with Crippen LogP contribution in [-0.2, 0) is 26.2 Å². The van der Waals surface area contributed by atoms with Crippen LogP contribution >= 0.6 is 0 Å². The molecule has 5 nitrogen and oxygen atoms in total. The van der Waals surface area contributed by atoms with Crippen molar-refractivity contribution in [2.45, 2.75) is 26.2 Å². The summed E-state index contributed by atoms with van der Waals surface area (Å²) in [6.07, 6.45) is 3.66. The zero-order valence-corrected chi connectivity index (χ0v) is 18.9. The Balaban J connectivity index is 1.39. The van der Waals surface area contributed by atoms with Crippen molar-refractivity contribution in [2.75, 3.05) is 0 Å². The van der Waals surface area contributed by atoms with Crippen molar-refractivity contribution in [2.24, 2.45) is 0 Å². The molecule has 0 unspecified atom stereocenters. The lowest BCUT2D eigenvalue weighted by atomic mass is 10.1. The van der Waals surface area contributed by atoms with Crippen molar-refractivity contribution in [1.29, 1.82) is 0 Å². The van der Waals surface area contributed by atoms with E-state index in [2.05, 4.69) is 57.3 Å². The van der Waals surface area contributed by atoms with E-state index in [1.165, 1.54) is 0 Å². The van der Waals surface area contributed by atoms with Crippen molar-refractivity contribution in [3.05, 3.63) is 132 Å². The van der Waals surface area contributed by atoms with E-state index in [0.717, 1.165) is 39.3 Å². The molecule has 0 N–H and O–H groups in total. The summed E-state index contributed by atoms with van der Waals surface area (Å²) < 4.78 is 6.16. The first-order valence-corrected chi connectivity index (χ1v) is 11.4. The van der Waals surface area contributed by atoms with Gasteiger partial charge in [0.1, 0.15) is 17.9 Å². The largest absolute Gasteiger partial charge is 0.487 e. The summed E-state index contributed by atoms with van der Waals surface area (Å²) in [7, 11) is 0. The number of para-hydroxylation sites is 1. The Morgan fingerprint density at radius 1 is 0.588 bits per heavy atom. The molecule has 3 heterocycles. The minimum atomic E-state index is 0.511. The predicted octanol–water partition coefficient (Wildman–Crippen LogP) is 5.81. The van der Waals surface area contributed by atoms with Gasteiger partial charge >= 0.3 is 0 Å². The van der Waals surface area contributed by atoms with Crippen LogP contribution in [0.1, 0.15) is 22.6 Å². The topological polar surface area (TPSA) is 51.1 Å². The summed E-state index contributed by atoms with van der Waals surface area (Å²) >= 11 is 0. The number of hydrogen-bond donors (Lipinski definition) is 0. The van der Waals surface area contributed by atoms with Gasteiger partial charge in [0.25, 0.3) is 0 Å². The molecule has 34 heavy (non-hydrogen) atoms. The Hall–Kier alpha value is -4.09. The van der Waals surface area contributed by atoms with E-state index in [9.17, 15) is 0 Å². The van der Waals surface area contributed by atoms with Crippen LogP contribution in [0.15, 0.2) is 109 Å². The molecule has 0 saturated carbocycles. The second-order valence-corrected chi connectivity index (χ2v) is 8.19. The van der Waals surface area contributed by atoms with Gasteiger partial charge in [-0.15, -0.1) is 0 Å². The van der Waals surface area contributed by atoms with Gasteiger partial charge < -0.3 is 4.74 Å². The quantitative estimate of drug-likeness (QED) is 0.286. The first-order valence-electron chi connectivity index (χ1n) is 11.4. The predicted molar refractivity (Wildman–Crippen MR) is 134 cm³/mol. The van der Waals surface area contributed by atoms with Crippen molar-refractivity contribution in [3.63, 3.8) is 0 Å². The third-order valence-corrected chi connectivity index (χ3v) is 5.59. The normalized spacial score (nSPS) is 11.1. The van der Waals surface area contributed by atoms with Crippen molar-refractivity contribution in [3.8, 4) is 5.75 Å². The van der Waals surface area contributed by atoms with Crippen LogP contribution < -0.4 is 4.74 Å². The fraction of sp³-hybridized carbons (Fsp3) is 0.138. The maximum absolute atomic E-state index is 6.16. The van der Waals surface area contributed by atoms with Gasteiger partial charge in [-0.2, -0.15) is 0 Å². The Kier molecular flexibility index (Phi) is 6.83. The number of pyridine rings is 3. The third kappa shape index (κ3) is 5.63. The van der Waals surface area contributed by atoms with E-state index in [1.54, 1.807) is 0 Å². The van der Waals surface area contributed by atoms with Crippen LogP contribution in [-0.4, -0.2) is 19.9 Å². The lowest BCUT2D eigenvalue weighted by Crippen LogP contribution is -2.24. The fourth-order valence-corrected chi connectivity index (χ4v) is 3.94. The Labute approximate surface area is 199 Å². The Morgan fingerprint density at radius 3 is 1.94 bits per heavy atom. The first-order chi connectivity index (χ1) is 16.8. The molecule has 0 fully saturated rings. The van der Waals surface area contributed by atoms with Gasteiger partial charge in [-0.3, -0.25) is 14.9 Å². The molecular formula is C29H26N4O. The summed E-state index contributed by atoms with van der Waals surface area (Å²) in [4.78, 5) is 16.3. The van der Waals surface area contributed by atoms with Gasteiger partial charge in [0, 0.05) is 37.4 Å². The van der Waals surface area contributed by atoms with E-state index in [0.29, 0.717) is 26.2 Å². The van der Waals surface area contributed by atoms with E-state index < -0.39 is 0 Å². The third-order valence-electron chi connectivity index (χ3n) is 5.59. The summed E-state index contributed by atoms with van der Waals surface area (Å²) in [5.74, 6) is 0.796. The molecule has 0 aliphatic rings. The fourth-order valence-electron chi connectivity index (χ4n) is 3.94. The highest BCUT2D eigenvalue weighted by molar-refractivity contribution is 5.84. The van der Waals surface area contributed by atoms with Gasteiger partial charge in [-0.25, -0.2) is 4.98 Å². The second kappa shape index (κ2) is 10.7. The molecule has 5 heteroatoms. The molecule has 3 aromatic heterocycles. The molecule has 5 rings (SSSR count). The van der Waals surface area contributed by atoms with Crippen LogP contribution in [0.2, 0.25) is 0 Å².